The Morgan fingerprint density at radius 3 is 2.70 bits per heavy atom. The summed E-state index contributed by atoms with van der Waals surface area (Å²) in [5, 5.41) is 2.63. The zero-order valence-corrected chi connectivity index (χ0v) is 14.6. The van der Waals surface area contributed by atoms with Crippen LogP contribution in [0.25, 0.3) is 0 Å². The van der Waals surface area contributed by atoms with Gasteiger partial charge in [0.25, 0.3) is 5.92 Å². The molecule has 1 amide bonds. The molecule has 0 fully saturated rings. The number of rotatable bonds is 4. The first kappa shape index (κ1) is 19.5. The van der Waals surface area contributed by atoms with Gasteiger partial charge in [-0.3, -0.25) is 4.79 Å². The predicted octanol–water partition coefficient (Wildman–Crippen LogP) is 3.99. The van der Waals surface area contributed by atoms with Crippen LogP contribution < -0.4 is 15.0 Å². The zero-order chi connectivity index (χ0) is 17.6. The number of carbonyl (C=O) groups excluding carboxylic acids is 1. The molecule has 2 rings (SSSR count). The van der Waals surface area contributed by atoms with E-state index in [0.717, 1.165) is 0 Å². The average Bonchev–Trinajstić information content (AvgIpc) is 2.67. The number of hydrogen-bond acceptors (Lipinski definition) is 3. The van der Waals surface area contributed by atoms with Crippen LogP contribution >= 0.6 is 11.6 Å². The van der Waals surface area contributed by atoms with Gasteiger partial charge in [0.15, 0.2) is 0 Å². The van der Waals surface area contributed by atoms with Gasteiger partial charge in [-0.25, -0.2) is 8.78 Å². The number of nitrogens with zero attached hydrogens (tertiary/aromatic N) is 1. The van der Waals surface area contributed by atoms with E-state index in [4.69, 9.17) is 16.3 Å². The highest BCUT2D eigenvalue weighted by molar-refractivity contribution is 6.18. The van der Waals surface area contributed by atoms with E-state index in [-0.39, 0.29) is 11.8 Å². The smallest absolute Gasteiger partial charge is 0.278 e. The monoisotopic (exact) mass is 348 g/mol. The van der Waals surface area contributed by atoms with E-state index in [1.165, 1.54) is 4.90 Å². The fourth-order valence-electron chi connectivity index (χ4n) is 2.03. The Kier molecular flexibility index (Phi) is 7.06. The second kappa shape index (κ2) is 8.34. The van der Waals surface area contributed by atoms with Crippen molar-refractivity contribution in [1.29, 1.82) is 0 Å². The molecule has 130 valence electrons. The number of ether oxygens (including phenoxy) is 1. The highest BCUT2D eigenvalue weighted by Gasteiger charge is 2.28. The average molecular weight is 349 g/mol. The lowest BCUT2D eigenvalue weighted by atomic mass is 10.1. The molecule has 4 nitrogen and oxygen atoms in total. The number of fused-ring (bicyclic) bond motifs is 1. The highest BCUT2D eigenvalue weighted by atomic mass is 35.5. The van der Waals surface area contributed by atoms with E-state index in [0.29, 0.717) is 23.7 Å². The van der Waals surface area contributed by atoms with Gasteiger partial charge in [-0.1, -0.05) is 20.8 Å². The van der Waals surface area contributed by atoms with E-state index in [9.17, 15) is 13.6 Å². The third kappa shape index (κ3) is 4.96. The van der Waals surface area contributed by atoms with Gasteiger partial charge in [0.05, 0.1) is 30.6 Å². The predicted molar refractivity (Wildman–Crippen MR) is 90.0 cm³/mol. The molecular weight excluding hydrogens is 326 g/mol. The summed E-state index contributed by atoms with van der Waals surface area (Å²) < 4.78 is 31.9. The Morgan fingerprint density at radius 2 is 2.09 bits per heavy atom. The Morgan fingerprint density at radius 1 is 1.43 bits per heavy atom. The molecule has 0 bridgehead atoms. The van der Waals surface area contributed by atoms with Crippen LogP contribution in [-0.4, -0.2) is 37.9 Å². The molecule has 0 aromatic heterocycles. The summed E-state index contributed by atoms with van der Waals surface area (Å²) in [5.41, 5.74) is 1.04. The van der Waals surface area contributed by atoms with Gasteiger partial charge in [-0.15, -0.1) is 11.6 Å². The Labute approximate surface area is 140 Å². The van der Waals surface area contributed by atoms with Crippen molar-refractivity contribution in [1.82, 2.24) is 0 Å². The van der Waals surface area contributed by atoms with Crippen LogP contribution in [0.5, 0.6) is 5.75 Å². The van der Waals surface area contributed by atoms with E-state index in [2.05, 4.69) is 5.32 Å². The van der Waals surface area contributed by atoms with Crippen LogP contribution in [0, 0.1) is 5.92 Å². The van der Waals surface area contributed by atoms with Crippen molar-refractivity contribution < 1.29 is 18.3 Å². The maximum Gasteiger partial charge on any atom is 0.278 e. The number of anilines is 2. The van der Waals surface area contributed by atoms with E-state index < -0.39 is 18.3 Å². The Hall–Kier alpha value is -1.56. The topological polar surface area (TPSA) is 41.6 Å². The number of hydrogen-bond donors (Lipinski definition) is 1. The van der Waals surface area contributed by atoms with Crippen molar-refractivity contribution in [3.05, 3.63) is 18.2 Å². The molecule has 0 saturated heterocycles. The van der Waals surface area contributed by atoms with Gasteiger partial charge in [-0.2, -0.15) is 0 Å². The fraction of sp³-hybridized carbons (Fsp3) is 0.562. The minimum Gasteiger partial charge on any atom is -0.491 e. The standard InChI is InChI=1S/C14H17ClF2N2O2.C2H6/c1-9-6-21-12-4-3-10(18-8-14(16,17)7-15)5-11(12)19(2)13(9)20;1-2/h3-5,9,18H,6-8H2,1-2H3;1-2H3. The first-order valence-corrected chi connectivity index (χ1v) is 8.09. The molecular formula is C16H23ClF2N2O2. The number of nitrogens with one attached hydrogen (secondary N) is 1. The van der Waals surface area contributed by atoms with Gasteiger partial charge in [0.1, 0.15) is 5.75 Å². The summed E-state index contributed by atoms with van der Waals surface area (Å²) in [6.45, 7) is 5.52. The second-order valence-corrected chi connectivity index (χ2v) is 5.40. The molecule has 0 saturated carbocycles. The van der Waals surface area contributed by atoms with Crippen LogP contribution in [0.15, 0.2) is 18.2 Å². The van der Waals surface area contributed by atoms with Crippen molar-refractivity contribution in [3.63, 3.8) is 0 Å². The van der Waals surface area contributed by atoms with Crippen molar-refractivity contribution in [2.24, 2.45) is 5.92 Å². The molecule has 1 aliphatic heterocycles. The number of halogens is 3. The summed E-state index contributed by atoms with van der Waals surface area (Å²) in [6, 6.07) is 4.92. The van der Waals surface area contributed by atoms with Gasteiger partial charge >= 0.3 is 0 Å². The summed E-state index contributed by atoms with van der Waals surface area (Å²) in [7, 11) is 1.64. The summed E-state index contributed by atoms with van der Waals surface area (Å²) in [5.74, 6) is -3.49. The third-order valence-electron chi connectivity index (χ3n) is 3.31. The van der Waals surface area contributed by atoms with Gasteiger partial charge in [-0.05, 0) is 18.2 Å². The van der Waals surface area contributed by atoms with Crippen LogP contribution in [0.3, 0.4) is 0 Å². The van der Waals surface area contributed by atoms with Crippen molar-refractivity contribution in [3.8, 4) is 5.75 Å². The summed E-state index contributed by atoms with van der Waals surface area (Å²) >= 11 is 5.19. The van der Waals surface area contributed by atoms with Crippen LogP contribution in [0.2, 0.25) is 0 Å². The first-order valence-electron chi connectivity index (χ1n) is 7.56. The molecule has 1 unspecified atom stereocenters. The number of benzene rings is 1. The molecule has 1 atom stereocenters. The summed E-state index contributed by atoms with van der Waals surface area (Å²) in [4.78, 5) is 13.6. The maximum atomic E-state index is 13.1. The summed E-state index contributed by atoms with van der Waals surface area (Å²) in [6.07, 6.45) is 0. The minimum atomic E-state index is -2.99. The molecule has 0 radical (unpaired) electrons. The first-order chi connectivity index (χ1) is 10.8. The number of amides is 1. The van der Waals surface area contributed by atoms with Crippen LogP contribution in [0.4, 0.5) is 20.2 Å². The van der Waals surface area contributed by atoms with Gasteiger partial charge in [0, 0.05) is 12.7 Å². The molecule has 1 N–H and O–H groups in total. The lowest BCUT2D eigenvalue weighted by Crippen LogP contribution is -2.32. The Bertz CT molecular complexity index is 541. The van der Waals surface area contributed by atoms with Crippen molar-refractivity contribution in [2.45, 2.75) is 26.7 Å². The largest absolute Gasteiger partial charge is 0.491 e. The number of carbonyl (C=O) groups is 1. The maximum absolute atomic E-state index is 13.1. The number of alkyl halides is 3. The van der Waals surface area contributed by atoms with E-state index >= 15 is 0 Å². The van der Waals surface area contributed by atoms with Crippen LogP contribution in [0.1, 0.15) is 20.8 Å². The normalized spacial score (nSPS) is 17.4. The molecule has 1 aromatic carbocycles. The molecule has 7 heteroatoms. The fourth-order valence-corrected chi connectivity index (χ4v) is 2.12. The minimum absolute atomic E-state index is 0.0722. The second-order valence-electron chi connectivity index (χ2n) is 5.13. The molecule has 23 heavy (non-hydrogen) atoms. The van der Waals surface area contributed by atoms with Crippen molar-refractivity contribution in [2.75, 3.05) is 36.3 Å². The Balaban J connectivity index is 0.00000127. The van der Waals surface area contributed by atoms with Crippen molar-refractivity contribution >= 4 is 28.9 Å². The lowest BCUT2D eigenvalue weighted by molar-refractivity contribution is -0.122. The molecule has 1 heterocycles. The highest BCUT2D eigenvalue weighted by Crippen LogP contribution is 2.34. The molecule has 1 aliphatic rings. The third-order valence-corrected chi connectivity index (χ3v) is 3.70. The molecule has 0 aliphatic carbocycles. The van der Waals surface area contributed by atoms with E-state index in [1.807, 2.05) is 13.8 Å². The van der Waals surface area contributed by atoms with Gasteiger partial charge < -0.3 is 15.0 Å². The van der Waals surface area contributed by atoms with Crippen LogP contribution in [-0.2, 0) is 4.79 Å². The SMILES string of the molecule is CC.CC1COc2ccc(NCC(F)(F)CCl)cc2N(C)C1=O. The molecule has 1 aromatic rings. The quantitative estimate of drug-likeness (QED) is 0.836. The van der Waals surface area contributed by atoms with E-state index in [1.54, 1.807) is 32.2 Å². The van der Waals surface area contributed by atoms with Gasteiger partial charge in [0.2, 0.25) is 5.91 Å². The zero-order valence-electron chi connectivity index (χ0n) is 13.8. The lowest BCUT2D eigenvalue weighted by Gasteiger charge is -2.20. The molecule has 0 spiro atoms.